The van der Waals surface area contributed by atoms with Gasteiger partial charge in [0.2, 0.25) is 10.0 Å². The third kappa shape index (κ3) is 5.36. The van der Waals surface area contributed by atoms with Crippen molar-refractivity contribution in [3.05, 3.63) is 23.8 Å². The van der Waals surface area contributed by atoms with Crippen LogP contribution in [0.2, 0.25) is 0 Å². The zero-order valence-electron chi connectivity index (χ0n) is 9.60. The van der Waals surface area contributed by atoms with Gasteiger partial charge in [-0.2, -0.15) is 0 Å². The summed E-state index contributed by atoms with van der Waals surface area (Å²) >= 11 is 0. The molecule has 2 N–H and O–H groups in total. The zero-order chi connectivity index (χ0) is 12.9. The fourth-order valence-electron chi connectivity index (χ4n) is 1.01. The first-order valence-electron chi connectivity index (χ1n) is 4.90. The van der Waals surface area contributed by atoms with Crippen molar-refractivity contribution in [3.63, 3.8) is 0 Å². The molecule has 0 saturated heterocycles. The van der Waals surface area contributed by atoms with Crippen LogP contribution in [-0.2, 0) is 10.0 Å². The predicted octanol–water partition coefficient (Wildman–Crippen LogP) is -0.936. The molecular formula is C9H14N4O3S. The van der Waals surface area contributed by atoms with Crippen LogP contribution in [0.15, 0.2) is 12.4 Å². The van der Waals surface area contributed by atoms with Gasteiger partial charge in [0.1, 0.15) is 5.69 Å². The van der Waals surface area contributed by atoms with Gasteiger partial charge in [-0.1, -0.05) is 0 Å². The van der Waals surface area contributed by atoms with Crippen LogP contribution in [0, 0.1) is 6.92 Å². The molecule has 1 heterocycles. The van der Waals surface area contributed by atoms with Gasteiger partial charge < -0.3 is 5.32 Å². The summed E-state index contributed by atoms with van der Waals surface area (Å²) in [7, 11) is -3.22. The summed E-state index contributed by atoms with van der Waals surface area (Å²) in [5.74, 6) is -0.382. The Kier molecular flexibility index (Phi) is 4.53. The minimum Gasteiger partial charge on any atom is -0.349 e. The standard InChI is InChI=1S/C9H14N4O3S/c1-7-5-12-8(6-11-7)9(14)10-3-4-13-17(2,15)16/h5-6,13H,3-4H2,1-2H3,(H,10,14). The van der Waals surface area contributed by atoms with E-state index in [0.29, 0.717) is 0 Å². The summed E-state index contributed by atoms with van der Waals surface area (Å²) in [6.07, 6.45) is 3.92. The minimum atomic E-state index is -3.22. The Hall–Kier alpha value is -1.54. The van der Waals surface area contributed by atoms with Crippen LogP contribution in [0.4, 0.5) is 0 Å². The van der Waals surface area contributed by atoms with Gasteiger partial charge in [-0.3, -0.25) is 9.78 Å². The molecule has 0 aliphatic carbocycles. The molecule has 17 heavy (non-hydrogen) atoms. The Morgan fingerprint density at radius 3 is 2.53 bits per heavy atom. The van der Waals surface area contributed by atoms with E-state index < -0.39 is 10.0 Å². The van der Waals surface area contributed by atoms with Crippen molar-refractivity contribution in [2.24, 2.45) is 0 Å². The maximum absolute atomic E-state index is 11.5. The molecule has 0 saturated carbocycles. The van der Waals surface area contributed by atoms with E-state index in [9.17, 15) is 13.2 Å². The van der Waals surface area contributed by atoms with Gasteiger partial charge in [-0.15, -0.1) is 0 Å². The number of carbonyl (C=O) groups is 1. The van der Waals surface area contributed by atoms with Crippen LogP contribution in [-0.4, -0.2) is 43.6 Å². The number of amides is 1. The average molecular weight is 258 g/mol. The highest BCUT2D eigenvalue weighted by Crippen LogP contribution is 1.93. The highest BCUT2D eigenvalue weighted by atomic mass is 32.2. The van der Waals surface area contributed by atoms with Crippen LogP contribution in [0.25, 0.3) is 0 Å². The summed E-state index contributed by atoms with van der Waals surface area (Å²) in [6, 6.07) is 0. The Bertz CT molecular complexity index is 483. The van der Waals surface area contributed by atoms with Gasteiger partial charge in [-0.05, 0) is 6.92 Å². The van der Waals surface area contributed by atoms with Crippen molar-refractivity contribution in [2.75, 3.05) is 19.3 Å². The Morgan fingerprint density at radius 2 is 2.00 bits per heavy atom. The van der Waals surface area contributed by atoms with Crippen molar-refractivity contribution < 1.29 is 13.2 Å². The van der Waals surface area contributed by atoms with Crippen LogP contribution in [0.1, 0.15) is 16.2 Å². The lowest BCUT2D eigenvalue weighted by atomic mass is 10.4. The van der Waals surface area contributed by atoms with Crippen LogP contribution in [0.3, 0.4) is 0 Å². The molecular weight excluding hydrogens is 244 g/mol. The largest absolute Gasteiger partial charge is 0.349 e. The number of nitrogens with zero attached hydrogens (tertiary/aromatic N) is 2. The molecule has 0 fully saturated rings. The van der Waals surface area contributed by atoms with E-state index in [4.69, 9.17) is 0 Å². The molecule has 0 atom stereocenters. The lowest BCUT2D eigenvalue weighted by Crippen LogP contribution is -2.34. The quantitative estimate of drug-likeness (QED) is 0.664. The molecule has 0 aromatic carbocycles. The Morgan fingerprint density at radius 1 is 1.29 bits per heavy atom. The van der Waals surface area contributed by atoms with Crippen LogP contribution in [0.5, 0.6) is 0 Å². The number of carbonyl (C=O) groups excluding carboxylic acids is 1. The zero-order valence-corrected chi connectivity index (χ0v) is 10.4. The van der Waals surface area contributed by atoms with E-state index in [1.54, 1.807) is 6.92 Å². The van der Waals surface area contributed by atoms with E-state index in [1.165, 1.54) is 12.4 Å². The first-order valence-corrected chi connectivity index (χ1v) is 6.79. The number of hydrogen-bond donors (Lipinski definition) is 2. The van der Waals surface area contributed by atoms with Crippen molar-refractivity contribution in [3.8, 4) is 0 Å². The Balaban J connectivity index is 2.38. The number of aromatic nitrogens is 2. The summed E-state index contributed by atoms with van der Waals surface area (Å²) in [5.41, 5.74) is 0.926. The van der Waals surface area contributed by atoms with Gasteiger partial charge in [0, 0.05) is 19.3 Å². The van der Waals surface area contributed by atoms with Crippen molar-refractivity contribution in [2.45, 2.75) is 6.92 Å². The lowest BCUT2D eigenvalue weighted by molar-refractivity contribution is 0.0949. The molecule has 0 bridgehead atoms. The normalized spacial score (nSPS) is 11.2. The third-order valence-electron chi connectivity index (χ3n) is 1.79. The molecule has 1 aromatic heterocycles. The molecule has 1 rings (SSSR count). The molecule has 7 nitrogen and oxygen atoms in total. The predicted molar refractivity (Wildman–Crippen MR) is 61.9 cm³/mol. The summed E-state index contributed by atoms with van der Waals surface area (Å²) in [4.78, 5) is 19.3. The molecule has 0 aliphatic rings. The highest BCUT2D eigenvalue weighted by Gasteiger charge is 2.06. The van der Waals surface area contributed by atoms with E-state index in [0.717, 1.165) is 11.9 Å². The van der Waals surface area contributed by atoms with Crippen molar-refractivity contribution >= 4 is 15.9 Å². The summed E-state index contributed by atoms with van der Waals surface area (Å²) in [5, 5.41) is 2.52. The number of hydrogen-bond acceptors (Lipinski definition) is 5. The molecule has 1 aromatic rings. The first-order chi connectivity index (χ1) is 7.88. The van der Waals surface area contributed by atoms with Crippen molar-refractivity contribution in [1.82, 2.24) is 20.0 Å². The Labute approximate surface area is 99.7 Å². The summed E-state index contributed by atoms with van der Waals surface area (Å²) in [6.45, 7) is 2.11. The van der Waals surface area contributed by atoms with E-state index in [-0.39, 0.29) is 24.7 Å². The fourth-order valence-corrected chi connectivity index (χ4v) is 1.49. The molecule has 8 heteroatoms. The number of aryl methyl sites for hydroxylation is 1. The second-order valence-corrected chi connectivity index (χ2v) is 5.30. The number of rotatable bonds is 5. The SMILES string of the molecule is Cc1cnc(C(=O)NCCNS(C)(=O)=O)cn1. The van der Waals surface area contributed by atoms with E-state index >= 15 is 0 Å². The van der Waals surface area contributed by atoms with Gasteiger partial charge in [0.25, 0.3) is 5.91 Å². The molecule has 94 valence electrons. The van der Waals surface area contributed by atoms with Gasteiger partial charge in [0.05, 0.1) is 18.1 Å². The minimum absolute atomic E-state index is 0.143. The second-order valence-electron chi connectivity index (χ2n) is 3.47. The van der Waals surface area contributed by atoms with Gasteiger partial charge >= 0.3 is 0 Å². The summed E-state index contributed by atoms with van der Waals surface area (Å²) < 4.78 is 23.7. The van der Waals surface area contributed by atoms with Crippen LogP contribution >= 0.6 is 0 Å². The smallest absolute Gasteiger partial charge is 0.271 e. The van der Waals surface area contributed by atoms with Crippen molar-refractivity contribution in [1.29, 1.82) is 0 Å². The van der Waals surface area contributed by atoms with Gasteiger partial charge in [0.15, 0.2) is 0 Å². The maximum Gasteiger partial charge on any atom is 0.271 e. The molecule has 1 amide bonds. The van der Waals surface area contributed by atoms with E-state index in [1.807, 2.05) is 0 Å². The third-order valence-corrected chi connectivity index (χ3v) is 2.52. The maximum atomic E-state index is 11.5. The number of sulfonamides is 1. The fraction of sp³-hybridized carbons (Fsp3) is 0.444. The van der Waals surface area contributed by atoms with E-state index in [2.05, 4.69) is 20.0 Å². The molecule has 0 radical (unpaired) electrons. The molecule has 0 unspecified atom stereocenters. The lowest BCUT2D eigenvalue weighted by Gasteiger charge is -2.04. The van der Waals surface area contributed by atoms with Gasteiger partial charge in [-0.25, -0.2) is 18.1 Å². The molecule has 0 aliphatic heterocycles. The average Bonchev–Trinajstić information content (AvgIpc) is 2.24. The second kappa shape index (κ2) is 5.69. The highest BCUT2D eigenvalue weighted by molar-refractivity contribution is 7.88. The number of nitrogens with one attached hydrogen (secondary N) is 2. The first kappa shape index (κ1) is 13.5. The van der Waals surface area contributed by atoms with Crippen LogP contribution < -0.4 is 10.0 Å². The monoisotopic (exact) mass is 258 g/mol. The molecule has 0 spiro atoms. The topological polar surface area (TPSA) is 101 Å².